The number of piperidine rings is 1. The zero-order valence-corrected chi connectivity index (χ0v) is 17.4. The van der Waals surface area contributed by atoms with Crippen LogP contribution in [0, 0.1) is 5.92 Å². The van der Waals surface area contributed by atoms with Crippen LogP contribution in [-0.4, -0.2) is 33.8 Å². The number of anilines is 1. The lowest BCUT2D eigenvalue weighted by Crippen LogP contribution is -2.35. The third-order valence-corrected chi connectivity index (χ3v) is 5.57. The van der Waals surface area contributed by atoms with Gasteiger partial charge in [-0.1, -0.05) is 17.7 Å². The third kappa shape index (κ3) is 5.20. The van der Waals surface area contributed by atoms with Crippen LogP contribution in [0.5, 0.6) is 0 Å². The Bertz CT molecular complexity index is 1010. The van der Waals surface area contributed by atoms with Crippen LogP contribution in [0.1, 0.15) is 24.1 Å². The number of rotatable bonds is 7. The van der Waals surface area contributed by atoms with Crippen molar-refractivity contribution in [3.63, 3.8) is 0 Å². The molecule has 4 heterocycles. The predicted octanol–water partition coefficient (Wildman–Crippen LogP) is 3.92. The molecule has 1 aliphatic heterocycles. The molecule has 1 fully saturated rings. The molecule has 3 aromatic rings. The Morgan fingerprint density at radius 1 is 1.23 bits per heavy atom. The number of nitrogens with one attached hydrogen (secondary N) is 2. The molecule has 0 aliphatic carbocycles. The largest absolute Gasteiger partial charge is 0.366 e. The van der Waals surface area contributed by atoms with Crippen molar-refractivity contribution in [3.8, 4) is 11.3 Å². The van der Waals surface area contributed by atoms with Gasteiger partial charge in [0, 0.05) is 55.3 Å². The monoisotopic (exact) mass is 421 g/mol. The van der Waals surface area contributed by atoms with Gasteiger partial charge in [-0.05, 0) is 55.3 Å². The molecule has 4 rings (SSSR count). The fourth-order valence-corrected chi connectivity index (χ4v) is 3.80. The number of aromatic nitrogens is 3. The first-order valence-electron chi connectivity index (χ1n) is 10.2. The molecule has 30 heavy (non-hydrogen) atoms. The first-order chi connectivity index (χ1) is 14.7. The highest BCUT2D eigenvalue weighted by atomic mass is 35.5. The van der Waals surface area contributed by atoms with Gasteiger partial charge in [0.05, 0.1) is 10.7 Å². The van der Waals surface area contributed by atoms with E-state index in [9.17, 15) is 4.79 Å². The number of pyridine rings is 3. The Balaban J connectivity index is 1.49. The molecule has 0 bridgehead atoms. The van der Waals surface area contributed by atoms with E-state index in [4.69, 9.17) is 16.6 Å². The lowest BCUT2D eigenvalue weighted by atomic mass is 9.92. The summed E-state index contributed by atoms with van der Waals surface area (Å²) in [6.07, 6.45) is 7.44. The summed E-state index contributed by atoms with van der Waals surface area (Å²) in [5.41, 5.74) is 3.37. The number of halogens is 1. The fourth-order valence-electron chi connectivity index (χ4n) is 3.60. The minimum absolute atomic E-state index is 0.0681. The van der Waals surface area contributed by atoms with Crippen molar-refractivity contribution in [2.75, 3.05) is 18.4 Å². The summed E-state index contributed by atoms with van der Waals surface area (Å²) in [6, 6.07) is 11.6. The number of ketones is 1. The van der Waals surface area contributed by atoms with Gasteiger partial charge in [0.15, 0.2) is 0 Å². The zero-order chi connectivity index (χ0) is 20.8. The number of nitrogens with zero attached hydrogens (tertiary/aromatic N) is 3. The molecule has 1 atom stereocenters. The van der Waals surface area contributed by atoms with Crippen LogP contribution in [0.4, 0.5) is 5.82 Å². The summed E-state index contributed by atoms with van der Waals surface area (Å²) in [7, 11) is 0. The van der Waals surface area contributed by atoms with E-state index in [0.717, 1.165) is 54.3 Å². The summed E-state index contributed by atoms with van der Waals surface area (Å²) in [5.74, 6) is 1.05. The van der Waals surface area contributed by atoms with E-state index in [0.29, 0.717) is 18.0 Å². The predicted molar refractivity (Wildman–Crippen MR) is 118 cm³/mol. The van der Waals surface area contributed by atoms with Crippen molar-refractivity contribution in [2.45, 2.75) is 25.8 Å². The van der Waals surface area contributed by atoms with Crippen LogP contribution in [0.2, 0.25) is 5.02 Å². The second-order valence-corrected chi connectivity index (χ2v) is 7.87. The minimum atomic E-state index is 0.0681. The van der Waals surface area contributed by atoms with Gasteiger partial charge in [0.25, 0.3) is 0 Å². The molecule has 0 saturated carbocycles. The van der Waals surface area contributed by atoms with Gasteiger partial charge in [-0.2, -0.15) is 0 Å². The minimum Gasteiger partial charge on any atom is -0.366 e. The molecule has 6 nitrogen and oxygen atoms in total. The Kier molecular flexibility index (Phi) is 6.67. The Morgan fingerprint density at radius 2 is 2.10 bits per heavy atom. The van der Waals surface area contributed by atoms with E-state index in [1.165, 1.54) is 0 Å². The van der Waals surface area contributed by atoms with Crippen molar-refractivity contribution < 1.29 is 4.79 Å². The van der Waals surface area contributed by atoms with E-state index in [-0.39, 0.29) is 11.7 Å². The van der Waals surface area contributed by atoms with Crippen molar-refractivity contribution in [1.29, 1.82) is 0 Å². The lowest BCUT2D eigenvalue weighted by Gasteiger charge is -2.21. The van der Waals surface area contributed by atoms with Gasteiger partial charge in [0.2, 0.25) is 0 Å². The standard InChI is InChI=1S/C23H24ClN5O/c24-20-15-27-18(12-22(30)17-3-2-8-26-14-17)11-19(20)21-4-1-5-23(29-21)28-13-16-6-9-25-10-7-16/h1,4-7,9-11,15,17,26H,2-3,8,12-14H2,(H,28,29)/t17-/m1/s1. The van der Waals surface area contributed by atoms with E-state index in [2.05, 4.69) is 20.6 Å². The highest BCUT2D eigenvalue weighted by Gasteiger charge is 2.21. The topological polar surface area (TPSA) is 79.8 Å². The number of carbonyl (C=O) groups is 1. The number of carbonyl (C=O) groups excluding carboxylic acids is 1. The van der Waals surface area contributed by atoms with Crippen molar-refractivity contribution in [1.82, 2.24) is 20.3 Å². The van der Waals surface area contributed by atoms with Crippen LogP contribution in [-0.2, 0) is 17.8 Å². The van der Waals surface area contributed by atoms with E-state index in [1.807, 2.05) is 36.4 Å². The third-order valence-electron chi connectivity index (χ3n) is 5.27. The molecular formula is C23H24ClN5O. The first kappa shape index (κ1) is 20.4. The van der Waals surface area contributed by atoms with Gasteiger partial charge in [-0.15, -0.1) is 0 Å². The molecular weight excluding hydrogens is 398 g/mol. The second-order valence-electron chi connectivity index (χ2n) is 7.46. The molecule has 1 saturated heterocycles. The fraction of sp³-hybridized carbons (Fsp3) is 0.304. The van der Waals surface area contributed by atoms with Gasteiger partial charge in [-0.25, -0.2) is 4.98 Å². The van der Waals surface area contributed by atoms with Gasteiger partial charge in [-0.3, -0.25) is 14.8 Å². The van der Waals surface area contributed by atoms with E-state index >= 15 is 0 Å². The molecule has 3 aromatic heterocycles. The van der Waals surface area contributed by atoms with E-state index in [1.54, 1.807) is 18.6 Å². The first-order valence-corrected chi connectivity index (χ1v) is 10.5. The maximum atomic E-state index is 12.6. The molecule has 7 heteroatoms. The molecule has 0 spiro atoms. The molecule has 1 aliphatic rings. The quantitative estimate of drug-likeness (QED) is 0.602. The van der Waals surface area contributed by atoms with Crippen LogP contribution >= 0.6 is 11.6 Å². The summed E-state index contributed by atoms with van der Waals surface area (Å²) in [6.45, 7) is 2.40. The molecule has 0 aromatic carbocycles. The average molecular weight is 422 g/mol. The highest BCUT2D eigenvalue weighted by molar-refractivity contribution is 6.33. The average Bonchev–Trinajstić information content (AvgIpc) is 2.80. The van der Waals surface area contributed by atoms with Crippen molar-refractivity contribution >= 4 is 23.2 Å². The Hall–Kier alpha value is -2.83. The maximum absolute atomic E-state index is 12.6. The highest BCUT2D eigenvalue weighted by Crippen LogP contribution is 2.28. The summed E-state index contributed by atoms with van der Waals surface area (Å²) in [5, 5.41) is 7.13. The Labute approximate surface area is 181 Å². The van der Waals surface area contributed by atoms with Crippen molar-refractivity contribution in [3.05, 3.63) is 71.3 Å². The molecule has 0 amide bonds. The molecule has 2 N–H and O–H groups in total. The van der Waals surface area contributed by atoms with Crippen molar-refractivity contribution in [2.24, 2.45) is 5.92 Å². The normalized spacial score (nSPS) is 16.2. The SMILES string of the molecule is O=C(Cc1cc(-c2cccc(NCc3ccncc3)n2)c(Cl)cn1)[C@@H]1CCCNC1. The summed E-state index contributed by atoms with van der Waals surface area (Å²) >= 11 is 6.42. The Morgan fingerprint density at radius 3 is 2.90 bits per heavy atom. The van der Waals surface area contributed by atoms with Crippen LogP contribution in [0.25, 0.3) is 11.3 Å². The summed E-state index contributed by atoms with van der Waals surface area (Å²) < 4.78 is 0. The summed E-state index contributed by atoms with van der Waals surface area (Å²) in [4.78, 5) is 25.7. The number of hydrogen-bond acceptors (Lipinski definition) is 6. The smallest absolute Gasteiger partial charge is 0.143 e. The number of hydrogen-bond donors (Lipinski definition) is 2. The van der Waals surface area contributed by atoms with Gasteiger partial charge >= 0.3 is 0 Å². The van der Waals surface area contributed by atoms with Crippen LogP contribution in [0.15, 0.2) is 55.0 Å². The molecule has 0 unspecified atom stereocenters. The zero-order valence-electron chi connectivity index (χ0n) is 16.6. The maximum Gasteiger partial charge on any atom is 0.143 e. The lowest BCUT2D eigenvalue weighted by molar-refractivity contribution is -0.122. The van der Waals surface area contributed by atoms with Crippen LogP contribution in [0.3, 0.4) is 0 Å². The van der Waals surface area contributed by atoms with E-state index < -0.39 is 0 Å². The number of Topliss-reactive ketones (excluding diaryl/α,β-unsaturated/α-hetero) is 1. The van der Waals surface area contributed by atoms with Gasteiger partial charge in [0.1, 0.15) is 11.6 Å². The molecule has 0 radical (unpaired) electrons. The van der Waals surface area contributed by atoms with Crippen LogP contribution < -0.4 is 10.6 Å². The van der Waals surface area contributed by atoms with Gasteiger partial charge < -0.3 is 10.6 Å². The second kappa shape index (κ2) is 9.78. The molecule has 154 valence electrons.